The van der Waals surface area contributed by atoms with Crippen LogP contribution in [0.3, 0.4) is 0 Å². The van der Waals surface area contributed by atoms with Gasteiger partial charge in [0.15, 0.2) is 0 Å². The van der Waals surface area contributed by atoms with Crippen LogP contribution < -0.4 is 10.6 Å². The number of carbonyl (C=O) groups is 2. The summed E-state index contributed by atoms with van der Waals surface area (Å²) in [6, 6.07) is 25.5. The topological polar surface area (TPSA) is 96.1 Å². The number of hydrogen-bond acceptors (Lipinski definition) is 4. The summed E-state index contributed by atoms with van der Waals surface area (Å²) in [5.41, 5.74) is 3.50. The zero-order valence-electron chi connectivity index (χ0n) is 18.4. The van der Waals surface area contributed by atoms with Gasteiger partial charge >= 0.3 is 6.09 Å². The van der Waals surface area contributed by atoms with Crippen LogP contribution in [0, 0.1) is 0 Å². The third-order valence-electron chi connectivity index (χ3n) is 5.22. The van der Waals surface area contributed by atoms with E-state index >= 15 is 0 Å². The molecule has 0 aliphatic rings. The number of methoxy groups -OCH3 is 1. The second-order valence-corrected chi connectivity index (χ2v) is 7.94. The van der Waals surface area contributed by atoms with Crippen LogP contribution in [0.15, 0.2) is 84.9 Å². The van der Waals surface area contributed by atoms with Gasteiger partial charge in [0, 0.05) is 16.8 Å². The molecule has 34 heavy (non-hydrogen) atoms. The Hall–Kier alpha value is -4.10. The van der Waals surface area contributed by atoms with Crippen LogP contribution in [0.4, 0.5) is 10.5 Å². The molecule has 0 radical (unpaired) electrons. The Labute approximate surface area is 202 Å². The highest BCUT2D eigenvalue weighted by Gasteiger charge is 2.22. The molecule has 1 heterocycles. The van der Waals surface area contributed by atoms with Crippen LogP contribution in [0.25, 0.3) is 11.3 Å². The van der Waals surface area contributed by atoms with E-state index in [4.69, 9.17) is 16.6 Å². The van der Waals surface area contributed by atoms with E-state index in [2.05, 4.69) is 20.4 Å². The number of nitrogens with one attached hydrogen (secondary N) is 3. The van der Waals surface area contributed by atoms with Gasteiger partial charge in [-0.05, 0) is 36.2 Å². The first-order chi connectivity index (χ1) is 16.5. The molecule has 1 unspecified atom stereocenters. The average molecular weight is 475 g/mol. The van der Waals surface area contributed by atoms with E-state index in [9.17, 15) is 9.59 Å². The lowest BCUT2D eigenvalue weighted by atomic mass is 10.0. The molecule has 0 saturated heterocycles. The molecule has 2 amide bonds. The van der Waals surface area contributed by atoms with Crippen LogP contribution in [0.5, 0.6) is 0 Å². The summed E-state index contributed by atoms with van der Waals surface area (Å²) in [6.45, 7) is 0. The van der Waals surface area contributed by atoms with E-state index in [1.165, 1.54) is 7.11 Å². The van der Waals surface area contributed by atoms with Crippen molar-refractivity contribution in [2.45, 2.75) is 12.5 Å². The molecule has 0 spiro atoms. The molecule has 0 aliphatic heterocycles. The lowest BCUT2D eigenvalue weighted by Gasteiger charge is -2.17. The number of aromatic amines is 1. The van der Waals surface area contributed by atoms with E-state index < -0.39 is 12.1 Å². The van der Waals surface area contributed by atoms with Gasteiger partial charge in [0.2, 0.25) is 0 Å². The van der Waals surface area contributed by atoms with Crippen molar-refractivity contribution in [3.05, 3.63) is 107 Å². The molecule has 4 rings (SSSR count). The SMILES string of the molecule is COC(=O)Nc1ccc(-c2nc(C(Cc3ccccc3)NC(=O)c3ccccc3)[nH]c2Cl)cc1. The smallest absolute Gasteiger partial charge is 0.411 e. The van der Waals surface area contributed by atoms with Gasteiger partial charge in [0.05, 0.1) is 13.2 Å². The van der Waals surface area contributed by atoms with Gasteiger partial charge in [-0.25, -0.2) is 9.78 Å². The maximum absolute atomic E-state index is 12.9. The number of nitrogens with zero attached hydrogens (tertiary/aromatic N) is 1. The normalized spacial score (nSPS) is 11.5. The number of rotatable bonds is 7. The first-order valence-electron chi connectivity index (χ1n) is 10.6. The van der Waals surface area contributed by atoms with E-state index in [0.29, 0.717) is 34.3 Å². The quantitative estimate of drug-likeness (QED) is 0.324. The molecule has 4 aromatic rings. The molecule has 0 bridgehead atoms. The van der Waals surface area contributed by atoms with Crippen LogP contribution in [0.1, 0.15) is 27.8 Å². The molecule has 8 heteroatoms. The van der Waals surface area contributed by atoms with Crippen molar-refractivity contribution in [2.75, 3.05) is 12.4 Å². The van der Waals surface area contributed by atoms with E-state index in [-0.39, 0.29) is 5.91 Å². The van der Waals surface area contributed by atoms with Gasteiger partial charge < -0.3 is 15.0 Å². The monoisotopic (exact) mass is 474 g/mol. The van der Waals surface area contributed by atoms with E-state index in [1.807, 2.05) is 48.5 Å². The molecule has 172 valence electrons. The third-order valence-corrected chi connectivity index (χ3v) is 5.50. The Bertz CT molecular complexity index is 1260. The summed E-state index contributed by atoms with van der Waals surface area (Å²) in [6.07, 6.45) is -0.0178. The van der Waals surface area contributed by atoms with Gasteiger partial charge in [-0.15, -0.1) is 0 Å². The second kappa shape index (κ2) is 10.7. The van der Waals surface area contributed by atoms with E-state index in [1.54, 1.807) is 36.4 Å². The minimum atomic E-state index is -0.550. The number of halogens is 1. The Morgan fingerprint density at radius 2 is 1.62 bits per heavy atom. The van der Waals surface area contributed by atoms with Crippen LogP contribution in [-0.4, -0.2) is 29.1 Å². The number of anilines is 1. The predicted octanol–water partition coefficient (Wildman–Crippen LogP) is 5.62. The minimum absolute atomic E-state index is 0.200. The van der Waals surface area contributed by atoms with Crippen molar-refractivity contribution in [1.82, 2.24) is 15.3 Å². The number of carbonyl (C=O) groups excluding carboxylic acids is 2. The molecule has 3 aromatic carbocycles. The Balaban J connectivity index is 1.61. The molecule has 0 saturated carbocycles. The zero-order chi connectivity index (χ0) is 23.9. The lowest BCUT2D eigenvalue weighted by molar-refractivity contribution is 0.0934. The predicted molar refractivity (Wildman–Crippen MR) is 132 cm³/mol. The summed E-state index contributed by atoms with van der Waals surface area (Å²) in [5, 5.41) is 6.03. The molecule has 1 atom stereocenters. The maximum Gasteiger partial charge on any atom is 0.411 e. The number of aromatic nitrogens is 2. The molecule has 7 nitrogen and oxygen atoms in total. The first kappa shape index (κ1) is 23.1. The molecular formula is C26H23ClN4O3. The van der Waals surface area contributed by atoms with Gasteiger partial charge in [-0.1, -0.05) is 72.3 Å². The molecular weight excluding hydrogens is 452 g/mol. The number of imidazole rings is 1. The van der Waals surface area contributed by atoms with Crippen molar-refractivity contribution in [3.8, 4) is 11.3 Å². The number of ether oxygens (including phenoxy) is 1. The fraction of sp³-hybridized carbons (Fsp3) is 0.115. The standard InChI is InChI=1S/C26H23ClN4O3/c1-34-26(33)28-20-14-12-18(13-15-20)22-23(27)31-24(30-22)21(16-17-8-4-2-5-9-17)29-25(32)19-10-6-3-7-11-19/h2-15,21H,16H2,1H3,(H,28,33)(H,29,32)(H,30,31). The third kappa shape index (κ3) is 5.63. The van der Waals surface area contributed by atoms with Crippen LogP contribution in [-0.2, 0) is 11.2 Å². The highest BCUT2D eigenvalue weighted by molar-refractivity contribution is 6.31. The van der Waals surface area contributed by atoms with Crippen molar-refractivity contribution in [2.24, 2.45) is 0 Å². The lowest BCUT2D eigenvalue weighted by Crippen LogP contribution is -2.30. The van der Waals surface area contributed by atoms with Crippen LogP contribution >= 0.6 is 11.6 Å². The van der Waals surface area contributed by atoms with Crippen molar-refractivity contribution in [3.63, 3.8) is 0 Å². The molecule has 0 aliphatic carbocycles. The molecule has 1 aromatic heterocycles. The maximum atomic E-state index is 12.9. The average Bonchev–Trinajstić information content (AvgIpc) is 3.26. The van der Waals surface area contributed by atoms with Gasteiger partial charge in [-0.2, -0.15) is 0 Å². The summed E-state index contributed by atoms with van der Waals surface area (Å²) < 4.78 is 4.61. The van der Waals surface area contributed by atoms with Gasteiger partial charge in [0.1, 0.15) is 16.7 Å². The molecule has 3 N–H and O–H groups in total. The summed E-state index contributed by atoms with van der Waals surface area (Å²) in [7, 11) is 1.30. The zero-order valence-corrected chi connectivity index (χ0v) is 19.2. The van der Waals surface area contributed by atoms with Crippen molar-refractivity contribution >= 4 is 29.3 Å². The van der Waals surface area contributed by atoms with Gasteiger partial charge in [0.25, 0.3) is 5.91 Å². The number of amides is 2. The molecule has 0 fully saturated rings. The fourth-order valence-electron chi connectivity index (χ4n) is 3.50. The van der Waals surface area contributed by atoms with E-state index in [0.717, 1.165) is 11.1 Å². The van der Waals surface area contributed by atoms with Crippen LogP contribution in [0.2, 0.25) is 5.15 Å². The summed E-state index contributed by atoms with van der Waals surface area (Å²) in [4.78, 5) is 32.1. The number of benzene rings is 3. The highest BCUT2D eigenvalue weighted by atomic mass is 35.5. The van der Waals surface area contributed by atoms with Gasteiger partial charge in [-0.3, -0.25) is 10.1 Å². The largest absolute Gasteiger partial charge is 0.453 e. The Morgan fingerprint density at radius 1 is 0.971 bits per heavy atom. The highest BCUT2D eigenvalue weighted by Crippen LogP contribution is 2.29. The minimum Gasteiger partial charge on any atom is -0.453 e. The second-order valence-electron chi connectivity index (χ2n) is 7.56. The Kier molecular flexibility index (Phi) is 7.25. The summed E-state index contributed by atoms with van der Waals surface area (Å²) in [5.74, 6) is 0.346. The van der Waals surface area contributed by atoms with Crippen molar-refractivity contribution in [1.29, 1.82) is 0 Å². The fourth-order valence-corrected chi connectivity index (χ4v) is 3.75. The number of hydrogen-bond donors (Lipinski definition) is 3. The first-order valence-corrected chi connectivity index (χ1v) is 11.0. The summed E-state index contributed by atoms with van der Waals surface area (Å²) >= 11 is 6.51. The Morgan fingerprint density at radius 3 is 2.26 bits per heavy atom. The van der Waals surface area contributed by atoms with Crippen molar-refractivity contribution < 1.29 is 14.3 Å². The number of H-pyrrole nitrogens is 1.